The van der Waals surface area contributed by atoms with Crippen molar-refractivity contribution in [2.24, 2.45) is 10.8 Å². The standard InChI is InChI=1S/2C10H15.C3H5.ClH.U/c2*1-7-6-10(4,5)9(3)8(7)2;1-3-2;;/h2*1-5H3;3H,1-2H2;1H;/q;;;;+1/p-1. The number of rotatable bonds is 4. The maximum atomic E-state index is 4.15. The third-order valence-corrected chi connectivity index (χ3v) is 23.3. The first-order valence-corrected chi connectivity index (χ1v) is 16.3. The van der Waals surface area contributed by atoms with Gasteiger partial charge in [-0.15, -0.1) is 0 Å². The van der Waals surface area contributed by atoms with E-state index in [1.807, 2.05) is 5.21 Å². The van der Waals surface area contributed by atoms with Crippen LogP contribution >= 0.6 is 0 Å². The summed E-state index contributed by atoms with van der Waals surface area (Å²) in [5.41, 5.74) is 9.92. The Morgan fingerprint density at radius 3 is 1.24 bits per heavy atom. The first-order chi connectivity index (χ1) is 10.9. The third-order valence-electron chi connectivity index (χ3n) is 7.08. The first-order valence-electron chi connectivity index (χ1n) is 9.17. The quantitative estimate of drug-likeness (QED) is 0.427. The van der Waals surface area contributed by atoms with E-state index in [0.29, 0.717) is 0 Å². The summed E-state index contributed by atoms with van der Waals surface area (Å²) >= 11 is -2.36. The molecule has 25 heavy (non-hydrogen) atoms. The molecular formula is C23H35ClU. The molecule has 0 heterocycles. The topological polar surface area (TPSA) is 0 Å². The van der Waals surface area contributed by atoms with Gasteiger partial charge in [-0.05, 0) is 0 Å². The summed E-state index contributed by atoms with van der Waals surface area (Å²) in [5, 5.41) is 0. The minimum absolute atomic E-state index is 0. The zero-order chi connectivity index (χ0) is 18.6. The molecule has 0 aliphatic heterocycles. The van der Waals surface area contributed by atoms with E-state index in [9.17, 15) is 0 Å². The Hall–Kier alpha value is 0.0419. The Bertz CT molecular complexity index is 665. The van der Waals surface area contributed by atoms with Gasteiger partial charge in [-0.2, -0.15) is 0 Å². The molecule has 138 valence electrons. The van der Waals surface area contributed by atoms with Crippen LogP contribution in [0.2, 0.25) is 3.45 Å². The molecule has 0 spiro atoms. The Morgan fingerprint density at radius 2 is 1.04 bits per heavy atom. The van der Waals surface area contributed by atoms with Crippen LogP contribution in [-0.4, -0.2) is 0 Å². The molecule has 2 aliphatic rings. The zero-order valence-corrected chi connectivity index (χ0v) is 22.8. The molecule has 0 saturated heterocycles. The van der Waals surface area contributed by atoms with Crippen molar-refractivity contribution in [1.29, 1.82) is 0 Å². The van der Waals surface area contributed by atoms with Crippen molar-refractivity contribution in [3.63, 3.8) is 0 Å². The van der Waals surface area contributed by atoms with Gasteiger partial charge in [0.15, 0.2) is 0 Å². The summed E-state index contributed by atoms with van der Waals surface area (Å²) in [5.74, 6) is 0. The zero-order valence-electron chi connectivity index (χ0n) is 17.9. The fraction of sp³-hybridized carbons (Fsp3) is 0.565. The Balaban J connectivity index is 0.00000312. The fourth-order valence-corrected chi connectivity index (χ4v) is 22.0. The van der Waals surface area contributed by atoms with E-state index in [-0.39, 0.29) is 23.2 Å². The summed E-state index contributed by atoms with van der Waals surface area (Å²) in [7, 11) is 0. The number of halogens is 1. The molecule has 0 N–H and O–H groups in total. The summed E-state index contributed by atoms with van der Waals surface area (Å²) in [6, 6.07) is 0. The molecular weight excluding hydrogens is 550 g/mol. The molecule has 2 aliphatic carbocycles. The maximum absolute atomic E-state index is 4.15. The molecule has 0 aromatic heterocycles. The Labute approximate surface area is 172 Å². The van der Waals surface area contributed by atoms with Crippen LogP contribution < -0.4 is 12.4 Å². The normalized spacial score (nSPS) is 22.0. The van der Waals surface area contributed by atoms with E-state index in [2.05, 4.69) is 81.9 Å². The van der Waals surface area contributed by atoms with Crippen LogP contribution in [0.5, 0.6) is 0 Å². The summed E-state index contributed by atoms with van der Waals surface area (Å²) in [6.07, 6.45) is 2.21. The van der Waals surface area contributed by atoms with Crippen molar-refractivity contribution in [1.82, 2.24) is 0 Å². The molecule has 0 aromatic carbocycles. The van der Waals surface area contributed by atoms with E-state index in [0.717, 1.165) is 0 Å². The smallest absolute Gasteiger partial charge is 1.00 e. The van der Waals surface area contributed by atoms with E-state index in [1.54, 1.807) is 33.4 Å². The molecule has 0 fully saturated rings. The van der Waals surface area contributed by atoms with Crippen LogP contribution in [0.15, 0.2) is 51.3 Å². The van der Waals surface area contributed by atoms with Crippen molar-refractivity contribution in [2.75, 3.05) is 0 Å². The van der Waals surface area contributed by atoms with Gasteiger partial charge in [-0.3, -0.25) is 0 Å². The van der Waals surface area contributed by atoms with E-state index in [1.165, 1.54) is 3.45 Å². The van der Waals surface area contributed by atoms with Gasteiger partial charge >= 0.3 is 161 Å². The van der Waals surface area contributed by atoms with Crippen LogP contribution in [0.1, 0.15) is 69.2 Å². The molecule has 0 bridgehead atoms. The second kappa shape index (κ2) is 7.58. The van der Waals surface area contributed by atoms with Crippen molar-refractivity contribution >= 4 is 0 Å². The van der Waals surface area contributed by atoms with Crippen LogP contribution in [0.3, 0.4) is 0 Å². The van der Waals surface area contributed by atoms with Crippen LogP contribution in [0, 0.1) is 36.9 Å². The van der Waals surface area contributed by atoms with Gasteiger partial charge in [0, 0.05) is 0 Å². The Kier molecular flexibility index (Phi) is 7.00. The Morgan fingerprint density at radius 1 is 0.720 bits per heavy atom. The van der Waals surface area contributed by atoms with Gasteiger partial charge in [-0.1, -0.05) is 0 Å². The molecule has 0 atom stereocenters. The minimum Gasteiger partial charge on any atom is -1.00 e. The van der Waals surface area contributed by atoms with E-state index >= 15 is 0 Å². The third kappa shape index (κ3) is 3.35. The van der Waals surface area contributed by atoms with Gasteiger partial charge in [-0.25, -0.2) is 0 Å². The summed E-state index contributed by atoms with van der Waals surface area (Å²) in [4.78, 5) is 0. The SMILES string of the molecule is C=C[CH2][U+]([C]1=C(C)C(C)=C(C)C1(C)C)[C]1=C(C)C(C)=C(C)C1(C)C.[Cl-]. The van der Waals surface area contributed by atoms with Gasteiger partial charge in [0.25, 0.3) is 0 Å². The number of allylic oxidation sites excluding steroid dienone is 9. The average Bonchev–Trinajstić information content (AvgIpc) is 2.74. The van der Waals surface area contributed by atoms with Crippen molar-refractivity contribution in [3.8, 4) is 0 Å². The largest absolute Gasteiger partial charge is 1.00 e. The minimum atomic E-state index is -2.36. The van der Waals surface area contributed by atoms with E-state index in [4.69, 9.17) is 0 Å². The molecule has 0 radical (unpaired) electrons. The van der Waals surface area contributed by atoms with Crippen molar-refractivity contribution in [2.45, 2.75) is 72.7 Å². The first kappa shape index (κ1) is 23.1. The second-order valence-corrected chi connectivity index (χ2v) is 18.6. The van der Waals surface area contributed by atoms with Crippen molar-refractivity contribution in [3.05, 3.63) is 51.3 Å². The van der Waals surface area contributed by atoms with Crippen molar-refractivity contribution < 1.29 is 38.4 Å². The molecule has 2 heteroatoms. The number of hydrogen-bond donors (Lipinski definition) is 0. The molecule has 0 saturated carbocycles. The summed E-state index contributed by atoms with van der Waals surface area (Å²) < 4.78 is 4.92. The van der Waals surface area contributed by atoms with Crippen LogP contribution in [-0.2, 0) is 0 Å². The molecule has 0 amide bonds. The summed E-state index contributed by atoms with van der Waals surface area (Å²) in [6.45, 7) is 28.1. The van der Waals surface area contributed by atoms with E-state index < -0.39 is 26.0 Å². The predicted molar refractivity (Wildman–Crippen MR) is 105 cm³/mol. The van der Waals surface area contributed by atoms with Gasteiger partial charge < -0.3 is 12.4 Å². The molecule has 0 aromatic rings. The predicted octanol–water partition coefficient (Wildman–Crippen LogP) is 4.52. The second-order valence-electron chi connectivity index (χ2n) is 8.72. The fourth-order valence-electron chi connectivity index (χ4n) is 4.87. The van der Waals surface area contributed by atoms with Gasteiger partial charge in [0.2, 0.25) is 0 Å². The molecule has 0 unspecified atom stereocenters. The molecule has 2 rings (SSSR count). The average molecular weight is 585 g/mol. The number of hydrogen-bond acceptors (Lipinski definition) is 0. The van der Waals surface area contributed by atoms with Gasteiger partial charge in [0.1, 0.15) is 0 Å². The monoisotopic (exact) mass is 584 g/mol. The van der Waals surface area contributed by atoms with Crippen LogP contribution in [0.25, 0.3) is 0 Å². The molecule has 0 nitrogen and oxygen atoms in total. The van der Waals surface area contributed by atoms with Crippen LogP contribution in [0.4, 0.5) is 0 Å². The maximum Gasteiger partial charge on any atom is -1.00 e. The van der Waals surface area contributed by atoms with Gasteiger partial charge in [0.05, 0.1) is 0 Å².